The summed E-state index contributed by atoms with van der Waals surface area (Å²) in [5.74, 6) is -6.47. The number of fused-ring (bicyclic) bond motifs is 14. The summed E-state index contributed by atoms with van der Waals surface area (Å²) in [6.07, 6.45) is -2.51. The summed E-state index contributed by atoms with van der Waals surface area (Å²) in [7, 11) is 3.03. The van der Waals surface area contributed by atoms with E-state index in [0.29, 0.717) is 80.2 Å². The first-order valence-corrected chi connectivity index (χ1v) is 31.5. The fourth-order valence-corrected chi connectivity index (χ4v) is 14.6. The highest BCUT2D eigenvalue weighted by Crippen LogP contribution is 2.41. The number of hydrogen-bond acceptors (Lipinski definition) is 23. The van der Waals surface area contributed by atoms with Crippen molar-refractivity contribution >= 4 is 121 Å². The Hall–Kier alpha value is -7.90. The Morgan fingerprint density at radius 3 is 2.20 bits per heavy atom. The lowest BCUT2D eigenvalue weighted by Crippen LogP contribution is -2.38. The molecule has 1 aliphatic rings. The number of aromatic nitrogens is 7. The molecule has 0 unspecified atom stereocenters. The van der Waals surface area contributed by atoms with Gasteiger partial charge in [-0.05, 0) is 37.0 Å². The molecule has 8 aromatic rings. The molecule has 10 bridgehead atoms. The number of ether oxygens (including phenoxy) is 1. The number of pyridine rings is 1. The zero-order valence-corrected chi connectivity index (χ0v) is 51.1. The molecule has 8 N–H and O–H groups in total. The number of carbonyl (C=O) groups excluding carboxylic acids is 5. The first-order chi connectivity index (χ1) is 40.8. The minimum atomic E-state index is -1.32. The molecule has 8 heterocycles. The Morgan fingerprint density at radius 2 is 1.47 bits per heavy atom. The van der Waals surface area contributed by atoms with E-state index in [9.17, 15) is 43.8 Å². The van der Waals surface area contributed by atoms with Gasteiger partial charge in [-0.1, -0.05) is 50.8 Å². The summed E-state index contributed by atoms with van der Waals surface area (Å²) in [4.78, 5) is 127. The average Bonchev–Trinajstić information content (AvgIpc) is 2.52. The van der Waals surface area contributed by atoms with Gasteiger partial charge in [-0.2, -0.15) is 0 Å². The van der Waals surface area contributed by atoms with Crippen LogP contribution in [-0.4, -0.2) is 112 Å². The normalized spacial score (nSPS) is 16.6. The van der Waals surface area contributed by atoms with Crippen molar-refractivity contribution in [3.8, 4) is 43.4 Å². The third kappa shape index (κ3) is 14.8. The molecule has 85 heavy (non-hydrogen) atoms. The molecule has 0 aliphatic carbocycles. The molecular formula is C56H56N12O11S6. The first-order valence-electron chi connectivity index (χ1n) is 26.3. The maximum atomic E-state index is 14.4. The van der Waals surface area contributed by atoms with Crippen molar-refractivity contribution in [1.29, 1.82) is 0 Å². The number of Topliss-reactive ketones (excluding diaryl/α,β-unsaturated/α-hetero) is 1. The number of nitrogens with zero attached hydrogens (tertiary/aromatic N) is 7. The summed E-state index contributed by atoms with van der Waals surface area (Å²) < 4.78 is 5.57. The number of methoxy groups -OCH3 is 1. The molecule has 1 aromatic carbocycles. The van der Waals surface area contributed by atoms with Crippen molar-refractivity contribution in [3.05, 3.63) is 118 Å². The molecule has 29 heteroatoms. The third-order valence-electron chi connectivity index (χ3n) is 13.5. The summed E-state index contributed by atoms with van der Waals surface area (Å²) in [6, 6.07) is 10.3. The van der Waals surface area contributed by atoms with Crippen LogP contribution in [0.15, 0.2) is 70.6 Å². The van der Waals surface area contributed by atoms with Crippen LogP contribution in [0.5, 0.6) is 0 Å². The monoisotopic (exact) mass is 1260 g/mol. The number of benzene rings is 1. The lowest BCUT2D eigenvalue weighted by Gasteiger charge is -2.23. The van der Waals surface area contributed by atoms with E-state index in [1.807, 2.05) is 19.9 Å². The maximum absolute atomic E-state index is 14.4. The number of aliphatic hydroxyl groups is 1. The number of carbonyl (C=O) groups is 7. The van der Waals surface area contributed by atoms with Crippen LogP contribution in [-0.2, 0) is 35.3 Å². The second kappa shape index (κ2) is 27.4. The van der Waals surface area contributed by atoms with Crippen molar-refractivity contribution in [3.63, 3.8) is 0 Å². The van der Waals surface area contributed by atoms with Crippen LogP contribution in [0.4, 0.5) is 5.82 Å². The number of hydrogen-bond donors (Lipinski definition) is 8. The van der Waals surface area contributed by atoms with Gasteiger partial charge in [-0.25, -0.2) is 34.9 Å². The molecule has 0 saturated carbocycles. The first kappa shape index (κ1) is 61.7. The number of ketones is 1. The van der Waals surface area contributed by atoms with E-state index in [2.05, 4.69) is 38.1 Å². The standard InChI is InChI=1S/C56H56N12O11S6/c1-25(2)31-17-37(69)45-27(4)84-54(68-45)33(18-41(71)57-5)60-49(76)35-22-80-50(62-35)30-13-14-32(52-65-39(24-83-52)64-40(70)15-12-29(56(77)78)16-43(73)74)59-46(30)34-21-81-53(61-34)36-23-82-55(63-36)47(48(75)28-10-8-7-9-11-28)66-42(72)19-58-26(3)44-38(20-79-6)85-51(31)67-44/h7-11,13-14,21-25,29,31,33,47-48,58,75H,3,12,15-20H2,1-2,4-6H3,(H,57,71)(H,60,76)(H,64,70)(H,66,72)(H,73,74)(H,77,78)/t29-,31+,33-,47-,48-/m0/s1. The third-order valence-corrected chi connectivity index (χ3v) is 19.3. The average molecular weight is 1270 g/mol. The van der Waals surface area contributed by atoms with E-state index in [0.717, 1.165) is 27.6 Å². The van der Waals surface area contributed by atoms with Gasteiger partial charge in [-0.15, -0.1) is 68.0 Å². The lowest BCUT2D eigenvalue weighted by atomic mass is 9.90. The number of aliphatic carboxylic acids is 2. The number of amides is 4. The topological polar surface area (TPSA) is 340 Å². The smallest absolute Gasteiger partial charge is 0.307 e. The van der Waals surface area contributed by atoms with E-state index < -0.39 is 60.2 Å². The van der Waals surface area contributed by atoms with Gasteiger partial charge in [0.15, 0.2) is 5.78 Å². The molecule has 0 spiro atoms. The summed E-state index contributed by atoms with van der Waals surface area (Å²) >= 11 is 7.36. The van der Waals surface area contributed by atoms with Crippen molar-refractivity contribution in [1.82, 2.24) is 56.2 Å². The Morgan fingerprint density at radius 1 is 0.765 bits per heavy atom. The highest BCUT2D eigenvalue weighted by molar-refractivity contribution is 7.15. The van der Waals surface area contributed by atoms with Gasteiger partial charge in [-0.3, -0.25) is 33.6 Å². The Kier molecular flexibility index (Phi) is 19.9. The molecule has 23 nitrogen and oxygen atoms in total. The van der Waals surface area contributed by atoms with Crippen molar-refractivity contribution < 1.29 is 53.6 Å². The second-order valence-electron chi connectivity index (χ2n) is 19.8. The van der Waals surface area contributed by atoms with Crippen LogP contribution in [0, 0.1) is 18.8 Å². The van der Waals surface area contributed by atoms with E-state index in [1.54, 1.807) is 72.0 Å². The number of carboxylic acid groups (broad SMARTS) is 2. The number of nitrogens with one attached hydrogen (secondary N) is 5. The minimum absolute atomic E-state index is 0.0185. The number of aliphatic hydroxyl groups excluding tert-OH is 1. The molecule has 0 radical (unpaired) electrons. The molecule has 7 aromatic heterocycles. The second-order valence-corrected chi connectivity index (χ2v) is 25.6. The Labute approximate surface area is 510 Å². The van der Waals surface area contributed by atoms with Crippen LogP contribution >= 0.6 is 68.0 Å². The number of carboxylic acids is 2. The zero-order valence-electron chi connectivity index (χ0n) is 46.2. The molecule has 1 aliphatic heterocycles. The predicted octanol–water partition coefficient (Wildman–Crippen LogP) is 8.92. The van der Waals surface area contributed by atoms with Gasteiger partial charge < -0.3 is 46.6 Å². The lowest BCUT2D eigenvalue weighted by molar-refractivity contribution is -0.148. The molecule has 0 saturated heterocycles. The SMILES string of the molecule is C=C1NCC(=O)N[C@@H]([C@@H](O)c2ccccc2)c2nc(cs2)-c2nc(cs2)-c2nc(-c3nc(NC(=O)CC[C@@H](CC(=O)O)C(=O)O)cs3)ccc2-c2nc(cs2)C(=O)N[C@@H](CC(=O)NC)c2nc(c(C)s2)C(=O)C[C@H](C(C)C)c2nc1c(COC)s2. The molecule has 0 fully saturated rings. The number of thiazole rings is 6. The Bertz CT molecular complexity index is 3810. The van der Waals surface area contributed by atoms with Crippen molar-refractivity contribution in [2.24, 2.45) is 11.8 Å². The van der Waals surface area contributed by atoms with E-state index >= 15 is 0 Å². The van der Waals surface area contributed by atoms with Gasteiger partial charge in [0.25, 0.3) is 5.91 Å². The van der Waals surface area contributed by atoms with Crippen molar-refractivity contribution in [2.45, 2.75) is 83.6 Å². The number of anilines is 1. The van der Waals surface area contributed by atoms with Crippen LogP contribution in [0.25, 0.3) is 49.1 Å². The van der Waals surface area contributed by atoms with E-state index in [1.165, 1.54) is 52.4 Å². The van der Waals surface area contributed by atoms with Crippen LogP contribution in [0.1, 0.15) is 127 Å². The summed E-state index contributed by atoms with van der Waals surface area (Å²) in [5.41, 5.74) is 3.54. The molecule has 5 atom stereocenters. The van der Waals surface area contributed by atoms with Crippen LogP contribution < -0.4 is 26.6 Å². The van der Waals surface area contributed by atoms with Gasteiger partial charge in [0.2, 0.25) is 17.7 Å². The predicted molar refractivity (Wildman–Crippen MR) is 324 cm³/mol. The zero-order chi connectivity index (χ0) is 60.6. The summed E-state index contributed by atoms with van der Waals surface area (Å²) in [5, 5.41) is 54.1. The fraction of sp³-hybridized carbons (Fsp3) is 0.321. The number of rotatable bonds is 15. The Balaban J connectivity index is 1.10. The van der Waals surface area contributed by atoms with E-state index in [-0.39, 0.29) is 79.6 Å². The molecule has 4 amide bonds. The highest BCUT2D eigenvalue weighted by atomic mass is 32.1. The number of aryl methyl sites for hydroxylation is 1. The van der Waals surface area contributed by atoms with Crippen LogP contribution in [0.3, 0.4) is 0 Å². The molecule has 9 rings (SSSR count). The molecular weight excluding hydrogens is 1210 g/mol. The van der Waals surface area contributed by atoms with E-state index in [4.69, 9.17) is 39.7 Å². The maximum Gasteiger partial charge on any atom is 0.307 e. The van der Waals surface area contributed by atoms with Gasteiger partial charge in [0.1, 0.15) is 77.2 Å². The summed E-state index contributed by atoms with van der Waals surface area (Å²) in [6.45, 7) is 9.90. The fourth-order valence-electron chi connectivity index (χ4n) is 9.02. The van der Waals surface area contributed by atoms with Gasteiger partial charge >= 0.3 is 11.9 Å². The highest BCUT2D eigenvalue weighted by Gasteiger charge is 2.33. The largest absolute Gasteiger partial charge is 0.481 e. The quantitative estimate of drug-likeness (QED) is 0.0474. The minimum Gasteiger partial charge on any atom is -0.481 e. The van der Waals surface area contributed by atoms with Crippen molar-refractivity contribution in [2.75, 3.05) is 26.0 Å². The van der Waals surface area contributed by atoms with Gasteiger partial charge in [0, 0.05) is 64.9 Å². The van der Waals surface area contributed by atoms with Gasteiger partial charge in [0.05, 0.1) is 59.2 Å². The van der Waals surface area contributed by atoms with Crippen LogP contribution in [0.2, 0.25) is 0 Å². The molecule has 442 valence electrons.